The average Bonchev–Trinajstić information content (AvgIpc) is 2.41. The molecule has 2 rings (SSSR count). The normalized spacial score (nSPS) is 12.4. The molecule has 0 spiro atoms. The summed E-state index contributed by atoms with van der Waals surface area (Å²) in [5.41, 5.74) is 1.97. The maximum Gasteiger partial charge on any atom is 0.128 e. The summed E-state index contributed by atoms with van der Waals surface area (Å²) in [6.07, 6.45) is 0. The number of nitrogens with one attached hydrogen (secondary N) is 1. The summed E-state index contributed by atoms with van der Waals surface area (Å²) in [5.74, 6) is 0.660. The number of hydrogen-bond donors (Lipinski definition) is 1. The van der Waals surface area contributed by atoms with Crippen LogP contribution >= 0.6 is 11.8 Å². The van der Waals surface area contributed by atoms with E-state index in [4.69, 9.17) is 0 Å². The molecule has 0 aliphatic heterocycles. The van der Waals surface area contributed by atoms with E-state index in [1.807, 2.05) is 19.2 Å². The van der Waals surface area contributed by atoms with Crippen molar-refractivity contribution in [2.45, 2.75) is 17.9 Å². The van der Waals surface area contributed by atoms with Crippen LogP contribution in [0.25, 0.3) is 0 Å². The molecule has 0 radical (unpaired) electrons. The summed E-state index contributed by atoms with van der Waals surface area (Å²) in [4.78, 5) is 1.22. The van der Waals surface area contributed by atoms with Gasteiger partial charge in [0.25, 0.3) is 0 Å². The van der Waals surface area contributed by atoms with Gasteiger partial charge in [0.2, 0.25) is 0 Å². The molecule has 0 amide bonds. The van der Waals surface area contributed by atoms with E-state index in [0.29, 0.717) is 0 Å². The number of thioether (sulfide) groups is 1. The Morgan fingerprint density at radius 3 is 2.63 bits per heavy atom. The first kappa shape index (κ1) is 14.1. The smallest absolute Gasteiger partial charge is 0.128 e. The summed E-state index contributed by atoms with van der Waals surface area (Å²) in [6, 6.07) is 15.3. The zero-order chi connectivity index (χ0) is 13.7. The Balaban J connectivity index is 2.06. The van der Waals surface area contributed by atoms with Gasteiger partial charge in [-0.3, -0.25) is 0 Å². The molecule has 1 unspecified atom stereocenters. The van der Waals surface area contributed by atoms with Crippen LogP contribution in [0.2, 0.25) is 0 Å². The Bertz CT molecular complexity index is 542. The minimum atomic E-state index is -0.147. The van der Waals surface area contributed by atoms with Crippen LogP contribution in [-0.2, 0) is 0 Å². The standard InChI is InChI=1S/C16H18FNS/c1-12-6-5-7-13(10-12)19-11-16(18-2)14-8-3-4-9-15(14)17/h3-10,16,18H,11H2,1-2H3. The fraction of sp³-hybridized carbons (Fsp3) is 0.250. The summed E-state index contributed by atoms with van der Waals surface area (Å²) >= 11 is 1.74. The predicted molar refractivity (Wildman–Crippen MR) is 80.1 cm³/mol. The molecular formula is C16H18FNS. The number of rotatable bonds is 5. The highest BCUT2D eigenvalue weighted by molar-refractivity contribution is 7.99. The molecule has 1 N–H and O–H groups in total. The van der Waals surface area contributed by atoms with Crippen molar-refractivity contribution in [3.63, 3.8) is 0 Å². The van der Waals surface area contributed by atoms with Gasteiger partial charge >= 0.3 is 0 Å². The molecule has 0 saturated carbocycles. The lowest BCUT2D eigenvalue weighted by Crippen LogP contribution is -2.19. The number of benzene rings is 2. The lowest BCUT2D eigenvalue weighted by molar-refractivity contribution is 0.566. The summed E-state index contributed by atoms with van der Waals surface area (Å²) in [5, 5.41) is 3.18. The summed E-state index contributed by atoms with van der Waals surface area (Å²) < 4.78 is 13.8. The lowest BCUT2D eigenvalue weighted by Gasteiger charge is -2.17. The molecule has 3 heteroatoms. The second kappa shape index (κ2) is 6.73. The zero-order valence-electron chi connectivity index (χ0n) is 11.2. The van der Waals surface area contributed by atoms with Gasteiger partial charge in [-0.25, -0.2) is 4.39 Å². The second-order valence-corrected chi connectivity index (χ2v) is 5.58. The first-order chi connectivity index (χ1) is 9.20. The van der Waals surface area contributed by atoms with Gasteiger partial charge in [-0.1, -0.05) is 35.9 Å². The topological polar surface area (TPSA) is 12.0 Å². The SMILES string of the molecule is CNC(CSc1cccc(C)c1)c1ccccc1F. The number of halogens is 1. The molecule has 1 nitrogen and oxygen atoms in total. The van der Waals surface area contributed by atoms with Crippen LogP contribution < -0.4 is 5.32 Å². The van der Waals surface area contributed by atoms with Gasteiger partial charge < -0.3 is 5.32 Å². The van der Waals surface area contributed by atoms with Crippen LogP contribution in [0.1, 0.15) is 17.2 Å². The number of aryl methyl sites for hydroxylation is 1. The van der Waals surface area contributed by atoms with Crippen LogP contribution in [0.15, 0.2) is 53.4 Å². The molecule has 0 aliphatic rings. The van der Waals surface area contributed by atoms with Gasteiger partial charge in [-0.2, -0.15) is 0 Å². The van der Waals surface area contributed by atoms with Crippen molar-refractivity contribution >= 4 is 11.8 Å². The Morgan fingerprint density at radius 2 is 1.95 bits per heavy atom. The van der Waals surface area contributed by atoms with Crippen molar-refractivity contribution in [3.05, 3.63) is 65.5 Å². The molecule has 19 heavy (non-hydrogen) atoms. The Hall–Kier alpha value is -1.32. The van der Waals surface area contributed by atoms with E-state index >= 15 is 0 Å². The van der Waals surface area contributed by atoms with E-state index in [2.05, 4.69) is 36.5 Å². The molecule has 2 aromatic carbocycles. The van der Waals surface area contributed by atoms with Crippen molar-refractivity contribution in [2.75, 3.05) is 12.8 Å². The van der Waals surface area contributed by atoms with E-state index in [0.717, 1.165) is 11.3 Å². The van der Waals surface area contributed by atoms with E-state index in [1.54, 1.807) is 17.8 Å². The molecule has 0 aromatic heterocycles. The van der Waals surface area contributed by atoms with E-state index < -0.39 is 0 Å². The quantitative estimate of drug-likeness (QED) is 0.821. The third-order valence-corrected chi connectivity index (χ3v) is 4.12. The minimum absolute atomic E-state index is 0.0201. The van der Waals surface area contributed by atoms with Crippen molar-refractivity contribution in [1.82, 2.24) is 5.32 Å². The van der Waals surface area contributed by atoms with Crippen LogP contribution in [-0.4, -0.2) is 12.8 Å². The van der Waals surface area contributed by atoms with E-state index in [-0.39, 0.29) is 11.9 Å². The van der Waals surface area contributed by atoms with Crippen LogP contribution in [0, 0.1) is 12.7 Å². The Labute approximate surface area is 118 Å². The average molecular weight is 275 g/mol. The molecule has 0 aliphatic carbocycles. The maximum atomic E-state index is 13.8. The van der Waals surface area contributed by atoms with Gasteiger partial charge in [-0.15, -0.1) is 11.8 Å². The molecule has 0 heterocycles. The van der Waals surface area contributed by atoms with Crippen molar-refractivity contribution in [2.24, 2.45) is 0 Å². The maximum absolute atomic E-state index is 13.8. The lowest BCUT2D eigenvalue weighted by atomic mass is 10.1. The minimum Gasteiger partial charge on any atom is -0.312 e. The van der Waals surface area contributed by atoms with E-state index in [1.165, 1.54) is 16.5 Å². The first-order valence-corrected chi connectivity index (χ1v) is 7.30. The van der Waals surface area contributed by atoms with Crippen LogP contribution in [0.4, 0.5) is 4.39 Å². The summed E-state index contributed by atoms with van der Waals surface area (Å²) in [6.45, 7) is 2.08. The molecule has 1 atom stereocenters. The van der Waals surface area contributed by atoms with Crippen molar-refractivity contribution in [3.8, 4) is 0 Å². The van der Waals surface area contributed by atoms with Gasteiger partial charge in [0.1, 0.15) is 5.82 Å². The summed E-state index contributed by atoms with van der Waals surface area (Å²) in [7, 11) is 1.87. The molecule has 0 saturated heterocycles. The fourth-order valence-electron chi connectivity index (χ4n) is 1.97. The van der Waals surface area contributed by atoms with Crippen LogP contribution in [0.5, 0.6) is 0 Å². The van der Waals surface area contributed by atoms with Gasteiger partial charge in [0, 0.05) is 22.3 Å². The largest absolute Gasteiger partial charge is 0.312 e. The highest BCUT2D eigenvalue weighted by Gasteiger charge is 2.13. The van der Waals surface area contributed by atoms with E-state index in [9.17, 15) is 4.39 Å². The zero-order valence-corrected chi connectivity index (χ0v) is 12.0. The van der Waals surface area contributed by atoms with Crippen molar-refractivity contribution in [1.29, 1.82) is 0 Å². The molecule has 0 fully saturated rings. The highest BCUT2D eigenvalue weighted by atomic mass is 32.2. The predicted octanol–water partition coefficient (Wildman–Crippen LogP) is 4.19. The third-order valence-electron chi connectivity index (χ3n) is 3.04. The third kappa shape index (κ3) is 3.82. The Kier molecular flexibility index (Phi) is 5.00. The fourth-order valence-corrected chi connectivity index (χ4v) is 3.12. The van der Waals surface area contributed by atoms with Crippen molar-refractivity contribution < 1.29 is 4.39 Å². The molecule has 0 bridgehead atoms. The van der Waals surface area contributed by atoms with Gasteiger partial charge in [0.15, 0.2) is 0 Å². The van der Waals surface area contributed by atoms with Gasteiger partial charge in [-0.05, 0) is 32.2 Å². The van der Waals surface area contributed by atoms with Gasteiger partial charge in [0.05, 0.1) is 0 Å². The van der Waals surface area contributed by atoms with Crippen LogP contribution in [0.3, 0.4) is 0 Å². The molecule has 2 aromatic rings. The highest BCUT2D eigenvalue weighted by Crippen LogP contribution is 2.26. The molecular weight excluding hydrogens is 257 g/mol. The Morgan fingerprint density at radius 1 is 1.16 bits per heavy atom. The molecule has 100 valence electrons. The first-order valence-electron chi connectivity index (χ1n) is 6.32. The second-order valence-electron chi connectivity index (χ2n) is 4.49. The number of hydrogen-bond acceptors (Lipinski definition) is 2. The monoisotopic (exact) mass is 275 g/mol.